The second kappa shape index (κ2) is 7.54. The fourth-order valence-electron chi connectivity index (χ4n) is 0. The third-order valence-electron chi connectivity index (χ3n) is 0.339. The summed E-state index contributed by atoms with van der Waals surface area (Å²) in [5.74, 6) is -2.93. The summed E-state index contributed by atoms with van der Waals surface area (Å²) in [5, 5.41) is 0. The van der Waals surface area contributed by atoms with Crippen molar-refractivity contribution in [3.05, 3.63) is 24.3 Å². The van der Waals surface area contributed by atoms with Gasteiger partial charge >= 0.3 is 0 Å². The predicted octanol–water partition coefficient (Wildman–Crippen LogP) is -0.656. The molecule has 60 valence electrons. The van der Waals surface area contributed by atoms with Crippen LogP contribution in [0.5, 0.6) is 0 Å². The van der Waals surface area contributed by atoms with E-state index < -0.39 is 11.9 Å². The predicted molar refractivity (Wildman–Crippen MR) is 35.1 cm³/mol. The van der Waals surface area contributed by atoms with Crippen LogP contribution < -0.4 is 22.9 Å². The summed E-state index contributed by atoms with van der Waals surface area (Å²) >= 11 is 0. The monoisotopic (exact) mass is 152 g/mol. The minimum atomic E-state index is -1.46. The molecule has 0 amide bonds. The molecule has 0 aromatic carbocycles. The first-order chi connectivity index (χ1) is 4.56. The Morgan fingerprint density at radius 2 is 1.10 bits per heavy atom. The second-order valence-corrected chi connectivity index (χ2v) is 1.08. The molecular weight excluding hydrogens is 142 g/mol. The molecule has 0 aromatic rings. The fourth-order valence-corrected chi connectivity index (χ4v) is 0. The molecular formula is C4H10F2N4. The molecule has 0 fully saturated rings. The van der Waals surface area contributed by atoms with Gasteiger partial charge in [0.1, 0.15) is 0 Å². The van der Waals surface area contributed by atoms with Gasteiger partial charge in [-0.3, -0.25) is 0 Å². The lowest BCUT2D eigenvalue weighted by Gasteiger charge is -1.79. The number of hydrogen-bond donors (Lipinski definition) is 4. The van der Waals surface area contributed by atoms with E-state index in [0.29, 0.717) is 0 Å². The normalized spacial score (nSPS) is 11.8. The van der Waals surface area contributed by atoms with Crippen LogP contribution >= 0.6 is 0 Å². The molecule has 6 heteroatoms. The quantitative estimate of drug-likeness (QED) is 0.346. The van der Waals surface area contributed by atoms with Crippen LogP contribution in [0.25, 0.3) is 0 Å². The minimum Gasteiger partial charge on any atom is -0.403 e. The van der Waals surface area contributed by atoms with Gasteiger partial charge in [-0.1, -0.05) is 0 Å². The van der Waals surface area contributed by atoms with Crippen molar-refractivity contribution in [3.8, 4) is 0 Å². The molecule has 10 heavy (non-hydrogen) atoms. The molecule has 8 N–H and O–H groups in total. The van der Waals surface area contributed by atoms with Crippen LogP contribution in [0.15, 0.2) is 24.3 Å². The molecule has 0 heterocycles. The van der Waals surface area contributed by atoms with Crippen LogP contribution in [0.1, 0.15) is 0 Å². The molecule has 0 saturated heterocycles. The molecule has 0 radical (unpaired) electrons. The Morgan fingerprint density at radius 3 is 1.10 bits per heavy atom. The van der Waals surface area contributed by atoms with Crippen molar-refractivity contribution >= 4 is 0 Å². The van der Waals surface area contributed by atoms with E-state index >= 15 is 0 Å². The van der Waals surface area contributed by atoms with Crippen molar-refractivity contribution in [2.75, 3.05) is 0 Å². The van der Waals surface area contributed by atoms with Gasteiger partial charge in [-0.25, -0.2) is 0 Å². The molecule has 0 aromatic heterocycles. The van der Waals surface area contributed by atoms with Crippen LogP contribution in [0.4, 0.5) is 8.78 Å². The Hall–Kier alpha value is -1.46. The number of halogens is 2. The van der Waals surface area contributed by atoms with E-state index in [4.69, 9.17) is 11.5 Å². The zero-order valence-electron chi connectivity index (χ0n) is 5.22. The first-order valence-corrected chi connectivity index (χ1v) is 2.21. The lowest BCUT2D eigenvalue weighted by Crippen LogP contribution is -1.99. The van der Waals surface area contributed by atoms with E-state index in [0.717, 1.165) is 0 Å². The van der Waals surface area contributed by atoms with E-state index in [1.54, 1.807) is 0 Å². The van der Waals surface area contributed by atoms with Gasteiger partial charge in [0, 0.05) is 12.4 Å². The zero-order chi connectivity index (χ0) is 8.57. The zero-order valence-corrected chi connectivity index (χ0v) is 5.22. The Bertz CT molecular complexity index is 109. The maximum atomic E-state index is 11.0. The summed E-state index contributed by atoms with van der Waals surface area (Å²) in [7, 11) is 0. The Balaban J connectivity index is 0. The Kier molecular flexibility index (Phi) is 8.56. The highest BCUT2D eigenvalue weighted by atomic mass is 19.2. The third kappa shape index (κ3) is 16.0. The van der Waals surface area contributed by atoms with Crippen LogP contribution in [-0.2, 0) is 0 Å². The first kappa shape index (κ1) is 11.4. The Morgan fingerprint density at radius 1 is 0.900 bits per heavy atom. The van der Waals surface area contributed by atoms with Gasteiger partial charge in [0.25, 0.3) is 0 Å². The minimum absolute atomic E-state index is 1.28. The summed E-state index contributed by atoms with van der Waals surface area (Å²) in [6, 6.07) is 0. The average Bonchev–Trinajstić information content (AvgIpc) is 1.89. The van der Waals surface area contributed by atoms with Crippen LogP contribution in [0.2, 0.25) is 0 Å². The van der Waals surface area contributed by atoms with E-state index in [1.807, 2.05) is 0 Å². The van der Waals surface area contributed by atoms with E-state index in [1.165, 1.54) is 12.4 Å². The van der Waals surface area contributed by atoms with Gasteiger partial charge < -0.3 is 22.9 Å². The van der Waals surface area contributed by atoms with E-state index in [-0.39, 0.29) is 0 Å². The summed E-state index contributed by atoms with van der Waals surface area (Å²) < 4.78 is 22.0. The SMILES string of the molecule is N/C=C\N.NC(F)=C(N)F. The molecule has 0 saturated carbocycles. The highest BCUT2D eigenvalue weighted by Crippen LogP contribution is 1.89. The Labute approximate surface area is 57.2 Å². The second-order valence-electron chi connectivity index (χ2n) is 1.08. The van der Waals surface area contributed by atoms with Crippen molar-refractivity contribution < 1.29 is 8.78 Å². The van der Waals surface area contributed by atoms with Crippen molar-refractivity contribution in [3.63, 3.8) is 0 Å². The summed E-state index contributed by atoms with van der Waals surface area (Å²) in [5.41, 5.74) is 17.7. The fraction of sp³-hybridized carbons (Fsp3) is 0. The van der Waals surface area contributed by atoms with Crippen molar-refractivity contribution in [1.29, 1.82) is 0 Å². The molecule has 0 aliphatic carbocycles. The van der Waals surface area contributed by atoms with Crippen LogP contribution in [0, 0.1) is 0 Å². The number of nitrogens with two attached hydrogens (primary N) is 4. The highest BCUT2D eigenvalue weighted by Gasteiger charge is 1.88. The molecule has 0 bridgehead atoms. The first-order valence-electron chi connectivity index (χ1n) is 2.21. The van der Waals surface area contributed by atoms with Crippen LogP contribution in [-0.4, -0.2) is 0 Å². The van der Waals surface area contributed by atoms with Gasteiger partial charge in [0.05, 0.1) is 0 Å². The standard InChI is InChI=1S/C2H4F2N2.C2H6N2/c3-1(5)2(4)6;3-1-2-4/h5-6H2;1-2H,3-4H2/b;2-1-. The summed E-state index contributed by atoms with van der Waals surface area (Å²) in [6.07, 6.45) is 2.56. The lowest BCUT2D eigenvalue weighted by atomic mass is 10.9. The molecule has 0 aliphatic rings. The molecule has 0 spiro atoms. The largest absolute Gasteiger partial charge is 0.403 e. The molecule has 0 unspecified atom stereocenters. The van der Waals surface area contributed by atoms with Gasteiger partial charge in [-0.05, 0) is 0 Å². The maximum Gasteiger partial charge on any atom is 0.237 e. The number of hydrogen-bond acceptors (Lipinski definition) is 4. The smallest absolute Gasteiger partial charge is 0.237 e. The highest BCUT2D eigenvalue weighted by molar-refractivity contribution is 4.87. The summed E-state index contributed by atoms with van der Waals surface area (Å²) in [6.45, 7) is 0. The van der Waals surface area contributed by atoms with Crippen LogP contribution in [0.3, 0.4) is 0 Å². The molecule has 0 aliphatic heterocycles. The van der Waals surface area contributed by atoms with Crippen molar-refractivity contribution in [1.82, 2.24) is 0 Å². The average molecular weight is 152 g/mol. The van der Waals surface area contributed by atoms with Crippen molar-refractivity contribution in [2.45, 2.75) is 0 Å². The van der Waals surface area contributed by atoms with E-state index in [2.05, 4.69) is 11.5 Å². The van der Waals surface area contributed by atoms with Gasteiger partial charge in [-0.2, -0.15) is 8.78 Å². The van der Waals surface area contributed by atoms with Gasteiger partial charge in [-0.15, -0.1) is 0 Å². The molecule has 4 nitrogen and oxygen atoms in total. The molecule has 0 rings (SSSR count). The summed E-state index contributed by atoms with van der Waals surface area (Å²) in [4.78, 5) is 0. The van der Waals surface area contributed by atoms with E-state index in [9.17, 15) is 8.78 Å². The van der Waals surface area contributed by atoms with Crippen molar-refractivity contribution in [2.24, 2.45) is 22.9 Å². The topological polar surface area (TPSA) is 104 Å². The molecule has 0 atom stereocenters. The third-order valence-corrected chi connectivity index (χ3v) is 0.339. The lowest BCUT2D eigenvalue weighted by molar-refractivity contribution is 0.523. The maximum absolute atomic E-state index is 11.0. The van der Waals surface area contributed by atoms with Gasteiger partial charge in [0.2, 0.25) is 11.9 Å². The van der Waals surface area contributed by atoms with Gasteiger partial charge in [0.15, 0.2) is 0 Å². The number of rotatable bonds is 0.